The summed E-state index contributed by atoms with van der Waals surface area (Å²) < 4.78 is 67.4. The summed E-state index contributed by atoms with van der Waals surface area (Å²) in [6.07, 6.45) is -2.07. The van der Waals surface area contributed by atoms with Crippen LogP contribution in [-0.4, -0.2) is 26.0 Å². The number of amidine groups is 1. The van der Waals surface area contributed by atoms with Gasteiger partial charge in [0, 0.05) is 17.3 Å². The lowest BCUT2D eigenvalue weighted by molar-refractivity contribution is -0.141. The van der Waals surface area contributed by atoms with Gasteiger partial charge in [-0.15, -0.1) is 0 Å². The van der Waals surface area contributed by atoms with Gasteiger partial charge in [0.15, 0.2) is 0 Å². The topological polar surface area (TPSA) is 78.9 Å². The first-order valence-corrected chi connectivity index (χ1v) is 9.61. The number of rotatable bonds is 2. The number of alkyl halides is 3. The Balaban J connectivity index is 1.63. The molecule has 4 heterocycles. The van der Waals surface area contributed by atoms with E-state index in [9.17, 15) is 22.0 Å². The van der Waals surface area contributed by atoms with E-state index in [-0.39, 0.29) is 11.4 Å². The number of nitrogens with zero attached hydrogens (tertiary/aromatic N) is 4. The molecule has 2 N–H and O–H groups in total. The number of anilines is 1. The molecule has 4 aromatic rings. The highest BCUT2D eigenvalue weighted by atomic mass is 19.4. The Labute approximate surface area is 183 Å². The maximum absolute atomic E-state index is 14.5. The standard InChI is InChI=1S/C22H13F5N6/c1-10-19-20(33-32-10)12-7-15(11-5-6-17(29-8-11)22(25,26)27)28-9-16(12)30-21(31-19)18-13(23)3-2-4-14(18)24/h2-9H,1H3,(H,30,31)(H,32,33). The van der Waals surface area contributed by atoms with Gasteiger partial charge in [-0.2, -0.15) is 18.3 Å². The molecule has 0 saturated heterocycles. The Kier molecular flexibility index (Phi) is 4.69. The third kappa shape index (κ3) is 3.60. The number of benzene rings is 1. The summed E-state index contributed by atoms with van der Waals surface area (Å²) in [4.78, 5) is 12.2. The number of nitrogens with one attached hydrogen (secondary N) is 2. The smallest absolute Gasteiger partial charge is 0.338 e. The van der Waals surface area contributed by atoms with Crippen molar-refractivity contribution in [2.45, 2.75) is 13.1 Å². The molecule has 1 aromatic carbocycles. The van der Waals surface area contributed by atoms with Crippen molar-refractivity contribution in [3.63, 3.8) is 0 Å². The van der Waals surface area contributed by atoms with E-state index in [2.05, 4.69) is 30.5 Å². The summed E-state index contributed by atoms with van der Waals surface area (Å²) in [5.41, 5.74) is 1.56. The molecule has 0 spiro atoms. The number of aromatic amines is 1. The fourth-order valence-electron chi connectivity index (χ4n) is 3.49. The molecule has 0 bridgehead atoms. The molecule has 11 heteroatoms. The molecule has 1 aliphatic rings. The second-order valence-corrected chi connectivity index (χ2v) is 7.26. The molecule has 0 amide bonds. The molecule has 0 aliphatic carbocycles. The van der Waals surface area contributed by atoms with Crippen molar-refractivity contribution in [2.24, 2.45) is 4.99 Å². The molecule has 6 nitrogen and oxygen atoms in total. The Morgan fingerprint density at radius 2 is 1.70 bits per heavy atom. The normalized spacial score (nSPS) is 13.0. The van der Waals surface area contributed by atoms with Gasteiger partial charge in [-0.1, -0.05) is 6.07 Å². The van der Waals surface area contributed by atoms with Gasteiger partial charge in [-0.05, 0) is 37.3 Å². The van der Waals surface area contributed by atoms with Crippen molar-refractivity contribution in [1.29, 1.82) is 0 Å². The minimum atomic E-state index is -4.55. The number of hydrogen-bond donors (Lipinski definition) is 2. The van der Waals surface area contributed by atoms with Crippen LogP contribution in [-0.2, 0) is 6.18 Å². The number of H-pyrrole nitrogens is 1. The van der Waals surface area contributed by atoms with Crippen LogP contribution in [0.4, 0.5) is 33.3 Å². The van der Waals surface area contributed by atoms with Crippen molar-refractivity contribution in [3.05, 3.63) is 77.4 Å². The van der Waals surface area contributed by atoms with Crippen molar-refractivity contribution < 1.29 is 22.0 Å². The lowest BCUT2D eigenvalue weighted by Gasteiger charge is -2.13. The van der Waals surface area contributed by atoms with E-state index in [4.69, 9.17) is 0 Å². The summed E-state index contributed by atoms with van der Waals surface area (Å²) in [6, 6.07) is 7.24. The van der Waals surface area contributed by atoms with Crippen LogP contribution in [0.15, 0.2) is 53.8 Å². The van der Waals surface area contributed by atoms with E-state index in [0.717, 1.165) is 24.4 Å². The number of fused-ring (bicyclic) bond motifs is 3. The van der Waals surface area contributed by atoms with Gasteiger partial charge in [0.05, 0.1) is 34.5 Å². The van der Waals surface area contributed by atoms with Crippen molar-refractivity contribution in [1.82, 2.24) is 20.2 Å². The lowest BCUT2D eigenvalue weighted by atomic mass is 10.1. The molecule has 0 atom stereocenters. The number of aromatic nitrogens is 4. The molecule has 33 heavy (non-hydrogen) atoms. The first kappa shape index (κ1) is 20.7. The van der Waals surface area contributed by atoms with Crippen LogP contribution in [0.1, 0.15) is 17.0 Å². The van der Waals surface area contributed by atoms with E-state index in [1.165, 1.54) is 18.3 Å². The predicted molar refractivity (Wildman–Crippen MR) is 111 cm³/mol. The first-order chi connectivity index (χ1) is 15.7. The van der Waals surface area contributed by atoms with Gasteiger partial charge in [0.25, 0.3) is 0 Å². The summed E-state index contributed by atoms with van der Waals surface area (Å²) in [5.74, 6) is -1.67. The zero-order chi connectivity index (χ0) is 23.3. The summed E-state index contributed by atoms with van der Waals surface area (Å²) in [7, 11) is 0. The van der Waals surface area contributed by atoms with E-state index in [0.29, 0.717) is 39.6 Å². The number of pyridine rings is 2. The monoisotopic (exact) mass is 456 g/mol. The predicted octanol–water partition coefficient (Wildman–Crippen LogP) is 5.64. The third-order valence-corrected chi connectivity index (χ3v) is 5.11. The average molecular weight is 456 g/mol. The highest BCUT2D eigenvalue weighted by Crippen LogP contribution is 2.40. The fraction of sp³-hybridized carbons (Fsp3) is 0.0909. The highest BCUT2D eigenvalue weighted by Gasteiger charge is 2.32. The van der Waals surface area contributed by atoms with Crippen LogP contribution < -0.4 is 5.32 Å². The summed E-state index contributed by atoms with van der Waals surface area (Å²) >= 11 is 0. The quantitative estimate of drug-likeness (QED) is 0.383. The molecule has 0 fully saturated rings. The number of aryl methyl sites for hydroxylation is 1. The number of aliphatic imine (C=N–C) groups is 1. The van der Waals surface area contributed by atoms with E-state index in [1.807, 2.05) is 0 Å². The maximum Gasteiger partial charge on any atom is 0.433 e. The zero-order valence-corrected chi connectivity index (χ0v) is 16.8. The van der Waals surface area contributed by atoms with E-state index >= 15 is 0 Å². The van der Waals surface area contributed by atoms with Crippen molar-refractivity contribution >= 4 is 17.2 Å². The van der Waals surface area contributed by atoms with Crippen LogP contribution >= 0.6 is 0 Å². The van der Waals surface area contributed by atoms with E-state index < -0.39 is 23.5 Å². The SMILES string of the molecule is Cc1n[nH]c2c1N=C(c1c(F)cccc1F)Nc1cnc(-c3ccc(C(F)(F)F)nc3)cc1-2. The van der Waals surface area contributed by atoms with Crippen LogP contribution in [0, 0.1) is 18.6 Å². The summed E-state index contributed by atoms with van der Waals surface area (Å²) in [5, 5.41) is 9.92. The first-order valence-electron chi connectivity index (χ1n) is 9.61. The molecule has 5 rings (SSSR count). The molecular weight excluding hydrogens is 443 g/mol. The minimum Gasteiger partial charge on any atom is -0.338 e. The molecule has 0 unspecified atom stereocenters. The van der Waals surface area contributed by atoms with Gasteiger partial charge in [-0.3, -0.25) is 15.1 Å². The minimum absolute atomic E-state index is 0.0687. The Hall–Kier alpha value is -4.15. The van der Waals surface area contributed by atoms with Crippen LogP contribution in [0.2, 0.25) is 0 Å². The molecule has 0 radical (unpaired) electrons. The van der Waals surface area contributed by atoms with Gasteiger partial charge < -0.3 is 5.32 Å². The molecular formula is C22H13F5N6. The largest absolute Gasteiger partial charge is 0.433 e. The Morgan fingerprint density at radius 3 is 2.36 bits per heavy atom. The van der Waals surface area contributed by atoms with Crippen molar-refractivity contribution in [2.75, 3.05) is 5.32 Å². The van der Waals surface area contributed by atoms with Gasteiger partial charge >= 0.3 is 6.18 Å². The second-order valence-electron chi connectivity index (χ2n) is 7.26. The van der Waals surface area contributed by atoms with Gasteiger partial charge in [0.2, 0.25) is 0 Å². The molecule has 3 aromatic heterocycles. The fourth-order valence-corrected chi connectivity index (χ4v) is 3.49. The third-order valence-electron chi connectivity index (χ3n) is 5.11. The van der Waals surface area contributed by atoms with Gasteiger partial charge in [-0.25, -0.2) is 13.8 Å². The number of hydrogen-bond acceptors (Lipinski definition) is 5. The van der Waals surface area contributed by atoms with E-state index in [1.54, 1.807) is 13.0 Å². The van der Waals surface area contributed by atoms with Crippen LogP contribution in [0.25, 0.3) is 22.5 Å². The Morgan fingerprint density at radius 1 is 0.939 bits per heavy atom. The zero-order valence-electron chi connectivity index (χ0n) is 16.8. The maximum atomic E-state index is 14.5. The molecule has 0 saturated carbocycles. The molecule has 166 valence electrons. The Bertz CT molecular complexity index is 1390. The van der Waals surface area contributed by atoms with Crippen LogP contribution in [0.3, 0.4) is 0 Å². The van der Waals surface area contributed by atoms with Crippen molar-refractivity contribution in [3.8, 4) is 22.5 Å². The molecule has 1 aliphatic heterocycles. The van der Waals surface area contributed by atoms with Gasteiger partial charge in [0.1, 0.15) is 28.9 Å². The lowest BCUT2D eigenvalue weighted by Crippen LogP contribution is -2.17. The average Bonchev–Trinajstić information content (AvgIpc) is 3.04. The van der Waals surface area contributed by atoms with Crippen LogP contribution in [0.5, 0.6) is 0 Å². The highest BCUT2D eigenvalue weighted by molar-refractivity contribution is 6.13. The second kappa shape index (κ2) is 7.47. The summed E-state index contributed by atoms with van der Waals surface area (Å²) in [6.45, 7) is 1.68. The number of halogens is 5.